The molecule has 4 nitrogen and oxygen atoms in total. The topological polar surface area (TPSA) is 59.4 Å². The molecule has 2 aromatic rings. The summed E-state index contributed by atoms with van der Waals surface area (Å²) >= 11 is 0. The highest BCUT2D eigenvalue weighted by atomic mass is 19.4. The van der Waals surface area contributed by atoms with E-state index >= 15 is 0 Å². The fourth-order valence-electron chi connectivity index (χ4n) is 1.70. The Morgan fingerprint density at radius 3 is 2.38 bits per heavy atom. The van der Waals surface area contributed by atoms with Gasteiger partial charge in [-0.1, -0.05) is 18.2 Å². The number of carboxylic acid groups (broad SMARTS) is 1. The van der Waals surface area contributed by atoms with Crippen LogP contribution in [0.15, 0.2) is 36.4 Å². The molecule has 0 spiro atoms. The van der Waals surface area contributed by atoms with Crippen molar-refractivity contribution in [3.63, 3.8) is 0 Å². The number of benzene rings is 1. The SMILES string of the molecule is Cc1nc(Oc2ccccc2)c(C(=O)O)cc1C(F)(F)F. The maximum atomic E-state index is 12.8. The molecule has 0 unspecified atom stereocenters. The largest absolute Gasteiger partial charge is 0.477 e. The standard InChI is InChI=1S/C14H10F3NO3/c1-8-11(14(15,16)17)7-10(13(19)20)12(18-8)21-9-5-3-2-4-6-9/h2-7H,1H3,(H,19,20). The van der Waals surface area contributed by atoms with Crippen LogP contribution in [0, 0.1) is 6.92 Å². The molecule has 1 aromatic heterocycles. The number of nitrogens with zero attached hydrogens (tertiary/aromatic N) is 1. The highest BCUT2D eigenvalue weighted by Gasteiger charge is 2.35. The third kappa shape index (κ3) is 3.31. The summed E-state index contributed by atoms with van der Waals surface area (Å²) in [6.07, 6.45) is -4.67. The van der Waals surface area contributed by atoms with E-state index < -0.39 is 23.3 Å². The van der Waals surface area contributed by atoms with Crippen LogP contribution in [-0.4, -0.2) is 16.1 Å². The number of carbonyl (C=O) groups is 1. The van der Waals surface area contributed by atoms with Crippen LogP contribution in [0.4, 0.5) is 13.2 Å². The van der Waals surface area contributed by atoms with E-state index in [9.17, 15) is 18.0 Å². The Labute approximate surface area is 117 Å². The number of carboxylic acids is 1. The Balaban J connectivity index is 2.51. The summed E-state index contributed by atoms with van der Waals surface area (Å²) in [5.41, 5.74) is -2.09. The molecule has 0 bridgehead atoms. The van der Waals surface area contributed by atoms with Crippen molar-refractivity contribution in [3.8, 4) is 11.6 Å². The first-order valence-corrected chi connectivity index (χ1v) is 5.84. The molecule has 0 amide bonds. The van der Waals surface area contributed by atoms with Gasteiger partial charge in [0.25, 0.3) is 0 Å². The molecule has 21 heavy (non-hydrogen) atoms. The van der Waals surface area contributed by atoms with Crippen molar-refractivity contribution in [2.24, 2.45) is 0 Å². The number of rotatable bonds is 3. The number of aromatic nitrogens is 1. The van der Waals surface area contributed by atoms with Gasteiger partial charge in [0.1, 0.15) is 11.3 Å². The van der Waals surface area contributed by atoms with Crippen LogP contribution in [0.2, 0.25) is 0 Å². The number of alkyl halides is 3. The number of halogens is 3. The van der Waals surface area contributed by atoms with E-state index in [0.717, 1.165) is 6.92 Å². The van der Waals surface area contributed by atoms with E-state index in [4.69, 9.17) is 9.84 Å². The van der Waals surface area contributed by atoms with Gasteiger partial charge in [-0.15, -0.1) is 0 Å². The van der Waals surface area contributed by atoms with Crippen molar-refractivity contribution in [3.05, 3.63) is 53.2 Å². The quantitative estimate of drug-likeness (QED) is 0.933. The van der Waals surface area contributed by atoms with Gasteiger partial charge in [0.2, 0.25) is 5.88 Å². The molecule has 1 heterocycles. The zero-order valence-electron chi connectivity index (χ0n) is 10.8. The van der Waals surface area contributed by atoms with E-state index in [2.05, 4.69) is 4.98 Å². The van der Waals surface area contributed by atoms with Crippen molar-refractivity contribution in [2.75, 3.05) is 0 Å². The van der Waals surface area contributed by atoms with E-state index in [1.807, 2.05) is 0 Å². The maximum absolute atomic E-state index is 12.8. The Bertz CT molecular complexity index is 669. The number of ether oxygens (including phenoxy) is 1. The molecule has 2 rings (SSSR count). The van der Waals surface area contributed by atoms with E-state index in [-0.39, 0.29) is 17.3 Å². The Hall–Kier alpha value is -2.57. The minimum absolute atomic E-state index is 0.284. The van der Waals surface area contributed by atoms with Crippen molar-refractivity contribution in [1.29, 1.82) is 0 Å². The number of hydrogen-bond acceptors (Lipinski definition) is 3. The van der Waals surface area contributed by atoms with Gasteiger partial charge in [0.05, 0.1) is 11.3 Å². The lowest BCUT2D eigenvalue weighted by Gasteiger charge is -2.13. The number of aryl methyl sites for hydroxylation is 1. The van der Waals surface area contributed by atoms with Gasteiger partial charge >= 0.3 is 12.1 Å². The minimum Gasteiger partial charge on any atom is -0.477 e. The van der Waals surface area contributed by atoms with E-state index in [0.29, 0.717) is 6.07 Å². The summed E-state index contributed by atoms with van der Waals surface area (Å²) in [6.45, 7) is 1.15. The van der Waals surface area contributed by atoms with Gasteiger partial charge in [-0.25, -0.2) is 9.78 Å². The molecule has 0 aliphatic rings. The summed E-state index contributed by atoms with van der Waals surface area (Å²) in [5.74, 6) is -1.63. The van der Waals surface area contributed by atoms with Crippen LogP contribution in [0.3, 0.4) is 0 Å². The predicted molar refractivity (Wildman–Crippen MR) is 67.5 cm³/mol. The first-order valence-electron chi connectivity index (χ1n) is 5.84. The van der Waals surface area contributed by atoms with Crippen LogP contribution in [0.25, 0.3) is 0 Å². The summed E-state index contributed by atoms with van der Waals surface area (Å²) in [4.78, 5) is 14.7. The van der Waals surface area contributed by atoms with Gasteiger partial charge < -0.3 is 9.84 Å². The highest BCUT2D eigenvalue weighted by molar-refractivity contribution is 5.90. The monoisotopic (exact) mass is 297 g/mol. The molecule has 0 saturated carbocycles. The summed E-state index contributed by atoms with van der Waals surface area (Å²) in [6, 6.07) is 8.62. The normalized spacial score (nSPS) is 11.2. The van der Waals surface area contributed by atoms with Gasteiger partial charge in [0.15, 0.2) is 0 Å². The van der Waals surface area contributed by atoms with Crippen molar-refractivity contribution < 1.29 is 27.8 Å². The number of hydrogen-bond donors (Lipinski definition) is 1. The van der Waals surface area contributed by atoms with Crippen LogP contribution in [0.1, 0.15) is 21.6 Å². The molecule has 7 heteroatoms. The lowest BCUT2D eigenvalue weighted by Crippen LogP contribution is -2.13. The van der Waals surface area contributed by atoms with E-state index in [1.54, 1.807) is 30.3 Å². The molecule has 0 aliphatic carbocycles. The second-order valence-corrected chi connectivity index (χ2v) is 4.19. The molecule has 1 aromatic carbocycles. The highest BCUT2D eigenvalue weighted by Crippen LogP contribution is 2.34. The molecule has 0 fully saturated rings. The minimum atomic E-state index is -4.67. The average Bonchev–Trinajstić information content (AvgIpc) is 2.38. The van der Waals surface area contributed by atoms with E-state index in [1.165, 1.54) is 0 Å². The first-order chi connectivity index (χ1) is 9.79. The number of aromatic carboxylic acids is 1. The Morgan fingerprint density at radius 1 is 1.24 bits per heavy atom. The van der Waals surface area contributed by atoms with Crippen LogP contribution in [-0.2, 0) is 6.18 Å². The molecular formula is C14H10F3NO3. The molecule has 1 N–H and O–H groups in total. The summed E-state index contributed by atoms with van der Waals surface area (Å²) in [5, 5.41) is 9.04. The summed E-state index contributed by atoms with van der Waals surface area (Å²) < 4.78 is 43.6. The van der Waals surface area contributed by atoms with Crippen LogP contribution >= 0.6 is 0 Å². The number of para-hydroxylation sites is 1. The second kappa shape index (κ2) is 5.43. The second-order valence-electron chi connectivity index (χ2n) is 4.19. The zero-order chi connectivity index (χ0) is 15.6. The van der Waals surface area contributed by atoms with Crippen LogP contribution < -0.4 is 4.74 Å². The van der Waals surface area contributed by atoms with Crippen molar-refractivity contribution in [1.82, 2.24) is 4.98 Å². The molecular weight excluding hydrogens is 287 g/mol. The third-order valence-electron chi connectivity index (χ3n) is 2.67. The molecule has 110 valence electrons. The molecule has 0 aliphatic heterocycles. The predicted octanol–water partition coefficient (Wildman–Crippen LogP) is 3.90. The number of pyridine rings is 1. The first kappa shape index (κ1) is 14.8. The van der Waals surface area contributed by atoms with Crippen molar-refractivity contribution in [2.45, 2.75) is 13.1 Å². The smallest absolute Gasteiger partial charge is 0.418 e. The van der Waals surface area contributed by atoms with Gasteiger partial charge in [-0.3, -0.25) is 0 Å². The van der Waals surface area contributed by atoms with Gasteiger partial charge in [-0.05, 0) is 25.1 Å². The Morgan fingerprint density at radius 2 is 1.86 bits per heavy atom. The fraction of sp³-hybridized carbons (Fsp3) is 0.143. The molecule has 0 radical (unpaired) electrons. The summed E-state index contributed by atoms with van der Waals surface area (Å²) in [7, 11) is 0. The lowest BCUT2D eigenvalue weighted by molar-refractivity contribution is -0.138. The van der Waals surface area contributed by atoms with Gasteiger partial charge in [0, 0.05) is 0 Å². The molecule has 0 saturated heterocycles. The van der Waals surface area contributed by atoms with Gasteiger partial charge in [-0.2, -0.15) is 13.2 Å². The third-order valence-corrected chi connectivity index (χ3v) is 2.67. The average molecular weight is 297 g/mol. The zero-order valence-corrected chi connectivity index (χ0v) is 10.8. The Kier molecular flexibility index (Phi) is 3.84. The lowest BCUT2D eigenvalue weighted by atomic mass is 10.1. The fourth-order valence-corrected chi connectivity index (χ4v) is 1.70. The molecule has 0 atom stereocenters. The van der Waals surface area contributed by atoms with Crippen molar-refractivity contribution >= 4 is 5.97 Å². The maximum Gasteiger partial charge on any atom is 0.418 e. The van der Waals surface area contributed by atoms with Crippen LogP contribution in [0.5, 0.6) is 11.6 Å².